The van der Waals surface area contributed by atoms with Crippen molar-refractivity contribution in [3.8, 4) is 5.88 Å². The second-order valence-corrected chi connectivity index (χ2v) is 3.94. The van der Waals surface area contributed by atoms with Crippen LogP contribution in [0.3, 0.4) is 0 Å². The summed E-state index contributed by atoms with van der Waals surface area (Å²) in [7, 11) is 1.55. The van der Waals surface area contributed by atoms with Crippen LogP contribution >= 0.6 is 0 Å². The van der Waals surface area contributed by atoms with Crippen LogP contribution in [0.4, 0.5) is 11.5 Å². The van der Waals surface area contributed by atoms with E-state index in [-0.39, 0.29) is 6.04 Å². The van der Waals surface area contributed by atoms with Crippen LogP contribution < -0.4 is 15.8 Å². The van der Waals surface area contributed by atoms with Gasteiger partial charge < -0.3 is 15.8 Å². The molecule has 0 saturated heterocycles. The lowest BCUT2D eigenvalue weighted by atomic mass is 10.1. The average Bonchev–Trinajstić information content (AvgIpc) is 2.42. The van der Waals surface area contributed by atoms with Crippen LogP contribution in [0.15, 0.2) is 36.7 Å². The molecule has 0 aliphatic carbocycles. The molecule has 2 heterocycles. The molecular formula is C13H16N4O. The normalized spacial score (nSPS) is 11.9. The summed E-state index contributed by atoms with van der Waals surface area (Å²) in [4.78, 5) is 8.28. The fourth-order valence-electron chi connectivity index (χ4n) is 1.65. The highest BCUT2D eigenvalue weighted by atomic mass is 16.5. The summed E-state index contributed by atoms with van der Waals surface area (Å²) in [6.07, 6.45) is 3.54. The summed E-state index contributed by atoms with van der Waals surface area (Å²) in [5.41, 5.74) is 7.39. The number of hydrogen-bond acceptors (Lipinski definition) is 5. The van der Waals surface area contributed by atoms with Crippen molar-refractivity contribution < 1.29 is 4.74 Å². The minimum atomic E-state index is 0.133. The summed E-state index contributed by atoms with van der Waals surface area (Å²) in [6, 6.07) is 7.66. The zero-order valence-electron chi connectivity index (χ0n) is 10.4. The summed E-state index contributed by atoms with van der Waals surface area (Å²) in [5.74, 6) is 1.16. The molecule has 0 saturated carbocycles. The maximum absolute atomic E-state index is 5.72. The van der Waals surface area contributed by atoms with Crippen molar-refractivity contribution in [1.29, 1.82) is 0 Å². The number of nitrogen functional groups attached to an aromatic ring is 1. The predicted octanol–water partition coefficient (Wildman–Crippen LogP) is 2.24. The molecule has 94 valence electrons. The minimum Gasteiger partial charge on any atom is -0.479 e. The van der Waals surface area contributed by atoms with Crippen LogP contribution in [-0.2, 0) is 0 Å². The van der Waals surface area contributed by atoms with Crippen LogP contribution in [0.2, 0.25) is 0 Å². The van der Waals surface area contributed by atoms with Crippen molar-refractivity contribution in [2.75, 3.05) is 18.2 Å². The van der Waals surface area contributed by atoms with E-state index in [9.17, 15) is 0 Å². The molecule has 2 rings (SSSR count). The van der Waals surface area contributed by atoms with Crippen LogP contribution in [0, 0.1) is 0 Å². The molecule has 3 N–H and O–H groups in total. The molecule has 0 aliphatic heterocycles. The van der Waals surface area contributed by atoms with E-state index in [0.717, 1.165) is 11.4 Å². The van der Waals surface area contributed by atoms with Gasteiger partial charge in [-0.15, -0.1) is 0 Å². The van der Waals surface area contributed by atoms with Gasteiger partial charge in [0.15, 0.2) is 0 Å². The van der Waals surface area contributed by atoms with Gasteiger partial charge in [0.25, 0.3) is 0 Å². The Morgan fingerprint density at radius 1 is 1.22 bits per heavy atom. The zero-order valence-corrected chi connectivity index (χ0v) is 10.4. The van der Waals surface area contributed by atoms with E-state index in [1.54, 1.807) is 25.6 Å². The molecule has 0 spiro atoms. The van der Waals surface area contributed by atoms with Crippen molar-refractivity contribution in [3.05, 3.63) is 42.2 Å². The van der Waals surface area contributed by atoms with Gasteiger partial charge in [-0.25, -0.2) is 0 Å². The lowest BCUT2D eigenvalue weighted by molar-refractivity contribution is 0.401. The Bertz CT molecular complexity index is 516. The molecule has 0 fully saturated rings. The second kappa shape index (κ2) is 5.35. The quantitative estimate of drug-likeness (QED) is 0.862. The van der Waals surface area contributed by atoms with Crippen molar-refractivity contribution in [2.24, 2.45) is 0 Å². The van der Waals surface area contributed by atoms with Gasteiger partial charge in [0.05, 0.1) is 18.8 Å². The third-order valence-corrected chi connectivity index (χ3v) is 2.65. The standard InChI is InChI=1S/C13H16N4O/c1-9(10-5-7-15-8-6-10)16-12-4-3-11(14)13(17-12)18-2/h3-9H,14H2,1-2H3,(H,16,17). The highest BCUT2D eigenvalue weighted by Crippen LogP contribution is 2.23. The Kier molecular flexibility index (Phi) is 3.62. The molecule has 18 heavy (non-hydrogen) atoms. The molecule has 0 amide bonds. The lowest BCUT2D eigenvalue weighted by Crippen LogP contribution is -2.08. The van der Waals surface area contributed by atoms with Crippen LogP contribution in [0.5, 0.6) is 5.88 Å². The number of nitrogens with zero attached hydrogens (tertiary/aromatic N) is 2. The summed E-state index contributed by atoms with van der Waals surface area (Å²) in [6.45, 7) is 2.06. The Labute approximate surface area is 106 Å². The Balaban J connectivity index is 2.14. The molecule has 2 aromatic rings. The van der Waals surface area contributed by atoms with Gasteiger partial charge in [0.1, 0.15) is 5.82 Å². The molecule has 5 nitrogen and oxygen atoms in total. The Morgan fingerprint density at radius 2 is 1.94 bits per heavy atom. The van der Waals surface area contributed by atoms with Crippen LogP contribution in [0.1, 0.15) is 18.5 Å². The lowest BCUT2D eigenvalue weighted by Gasteiger charge is -2.15. The Morgan fingerprint density at radius 3 is 2.61 bits per heavy atom. The largest absolute Gasteiger partial charge is 0.479 e. The molecule has 1 unspecified atom stereocenters. The van der Waals surface area contributed by atoms with Crippen molar-refractivity contribution >= 4 is 11.5 Å². The molecule has 2 aromatic heterocycles. The van der Waals surface area contributed by atoms with Gasteiger partial charge >= 0.3 is 0 Å². The van der Waals surface area contributed by atoms with Gasteiger partial charge in [-0.3, -0.25) is 4.98 Å². The van der Waals surface area contributed by atoms with E-state index in [1.165, 1.54) is 0 Å². The van der Waals surface area contributed by atoms with Gasteiger partial charge in [-0.05, 0) is 36.8 Å². The number of ether oxygens (including phenoxy) is 1. The monoisotopic (exact) mass is 244 g/mol. The smallest absolute Gasteiger partial charge is 0.238 e. The number of hydrogen-bond donors (Lipinski definition) is 2. The molecule has 0 bridgehead atoms. The third-order valence-electron chi connectivity index (χ3n) is 2.65. The summed E-state index contributed by atoms with van der Waals surface area (Å²) < 4.78 is 5.09. The zero-order chi connectivity index (χ0) is 13.0. The molecule has 1 atom stereocenters. The first-order chi connectivity index (χ1) is 8.70. The fraction of sp³-hybridized carbons (Fsp3) is 0.231. The van der Waals surface area contributed by atoms with Crippen molar-refractivity contribution in [3.63, 3.8) is 0 Å². The highest BCUT2D eigenvalue weighted by Gasteiger charge is 2.07. The first kappa shape index (κ1) is 12.2. The highest BCUT2D eigenvalue weighted by molar-refractivity contribution is 5.54. The van der Waals surface area contributed by atoms with E-state index in [4.69, 9.17) is 10.5 Å². The molecule has 0 aromatic carbocycles. The van der Waals surface area contributed by atoms with Crippen molar-refractivity contribution in [2.45, 2.75) is 13.0 Å². The second-order valence-electron chi connectivity index (χ2n) is 3.94. The molecule has 0 radical (unpaired) electrons. The SMILES string of the molecule is COc1nc(NC(C)c2ccncc2)ccc1N. The number of rotatable bonds is 4. The number of nitrogens with one attached hydrogen (secondary N) is 1. The first-order valence-electron chi connectivity index (χ1n) is 5.67. The van der Waals surface area contributed by atoms with Crippen molar-refractivity contribution in [1.82, 2.24) is 9.97 Å². The van der Waals surface area contributed by atoms with Gasteiger partial charge in [-0.2, -0.15) is 4.98 Å². The van der Waals surface area contributed by atoms with E-state index in [0.29, 0.717) is 11.6 Å². The topological polar surface area (TPSA) is 73.1 Å². The average molecular weight is 244 g/mol. The van der Waals surface area contributed by atoms with Gasteiger partial charge in [-0.1, -0.05) is 0 Å². The van der Waals surface area contributed by atoms with E-state index in [2.05, 4.69) is 22.2 Å². The molecule has 0 aliphatic rings. The summed E-state index contributed by atoms with van der Waals surface area (Å²) >= 11 is 0. The Hall–Kier alpha value is -2.30. The number of pyridine rings is 2. The summed E-state index contributed by atoms with van der Waals surface area (Å²) in [5, 5.41) is 3.29. The van der Waals surface area contributed by atoms with Gasteiger partial charge in [0.2, 0.25) is 5.88 Å². The first-order valence-corrected chi connectivity index (χ1v) is 5.67. The van der Waals surface area contributed by atoms with Crippen LogP contribution in [0.25, 0.3) is 0 Å². The number of anilines is 2. The maximum atomic E-state index is 5.72. The van der Waals surface area contributed by atoms with E-state index >= 15 is 0 Å². The van der Waals surface area contributed by atoms with E-state index in [1.807, 2.05) is 18.2 Å². The fourth-order valence-corrected chi connectivity index (χ4v) is 1.65. The third kappa shape index (κ3) is 2.68. The number of nitrogens with two attached hydrogens (primary N) is 1. The molecule has 5 heteroatoms. The predicted molar refractivity (Wildman–Crippen MR) is 71.5 cm³/mol. The van der Waals surface area contributed by atoms with Gasteiger partial charge in [0, 0.05) is 12.4 Å². The number of methoxy groups -OCH3 is 1. The van der Waals surface area contributed by atoms with Crippen LogP contribution in [-0.4, -0.2) is 17.1 Å². The molecular weight excluding hydrogens is 228 g/mol. The number of aromatic nitrogens is 2. The maximum Gasteiger partial charge on any atom is 0.238 e. The minimum absolute atomic E-state index is 0.133. The van der Waals surface area contributed by atoms with E-state index < -0.39 is 0 Å².